The minimum Gasteiger partial charge on any atom is -0.378 e. The predicted octanol–water partition coefficient (Wildman–Crippen LogP) is 2.67. The number of amides is 1. The third-order valence-corrected chi connectivity index (χ3v) is 4.59. The van der Waals surface area contributed by atoms with Crippen molar-refractivity contribution < 1.29 is 18.7 Å². The minimum absolute atomic E-state index is 0.0604. The molecule has 1 fully saturated rings. The molecule has 8 heteroatoms. The summed E-state index contributed by atoms with van der Waals surface area (Å²) < 4.78 is 26.7. The summed E-state index contributed by atoms with van der Waals surface area (Å²) in [7, 11) is 1.73. The molecule has 0 bridgehead atoms. The molecule has 22 heavy (non-hydrogen) atoms. The Balaban J connectivity index is 2.02. The van der Waals surface area contributed by atoms with Crippen LogP contribution in [0.25, 0.3) is 0 Å². The fourth-order valence-corrected chi connectivity index (χ4v) is 3.19. The highest BCUT2D eigenvalue weighted by molar-refractivity contribution is 9.09. The summed E-state index contributed by atoms with van der Waals surface area (Å²) in [6, 6.07) is 4.27. The van der Waals surface area contributed by atoms with Gasteiger partial charge in [0.05, 0.1) is 16.5 Å². The Morgan fingerprint density at radius 2 is 2.27 bits per heavy atom. The second-order valence-electron chi connectivity index (χ2n) is 5.35. The van der Waals surface area contributed by atoms with Gasteiger partial charge in [0.2, 0.25) is 5.91 Å². The molecule has 1 heterocycles. The number of carbonyl (C=O) groups excluding carboxylic acids is 1. The summed E-state index contributed by atoms with van der Waals surface area (Å²) in [6.45, 7) is 0.519. The van der Waals surface area contributed by atoms with Crippen LogP contribution in [0, 0.1) is 5.92 Å². The number of benzene rings is 1. The van der Waals surface area contributed by atoms with Crippen LogP contribution in [0.2, 0.25) is 5.02 Å². The number of nitrogens with zero attached hydrogens (tertiary/aromatic N) is 1. The molecular weight excluding hydrogens is 382 g/mol. The molecule has 2 rings (SSSR count). The van der Waals surface area contributed by atoms with Gasteiger partial charge >= 0.3 is 4.83 Å². The summed E-state index contributed by atoms with van der Waals surface area (Å²) in [5, 5.41) is 12.2. The lowest BCUT2D eigenvalue weighted by Gasteiger charge is -2.15. The zero-order valence-electron chi connectivity index (χ0n) is 11.8. The molecular formula is C14H16BrClF2N2O2. The van der Waals surface area contributed by atoms with E-state index in [2.05, 4.69) is 21.2 Å². The average molecular weight is 398 g/mol. The summed E-state index contributed by atoms with van der Waals surface area (Å²) >= 11 is 8.25. The Hall–Kier alpha value is -0.760. The van der Waals surface area contributed by atoms with E-state index in [1.807, 2.05) is 0 Å². The van der Waals surface area contributed by atoms with E-state index < -0.39 is 11.1 Å². The Bertz CT molecular complexity index is 558. The van der Waals surface area contributed by atoms with E-state index in [0.717, 1.165) is 0 Å². The third-order valence-electron chi connectivity index (χ3n) is 3.72. The molecule has 1 aromatic rings. The van der Waals surface area contributed by atoms with Crippen LogP contribution in [0.3, 0.4) is 0 Å². The minimum atomic E-state index is -3.22. The van der Waals surface area contributed by atoms with Crippen LogP contribution in [0.5, 0.6) is 0 Å². The van der Waals surface area contributed by atoms with Gasteiger partial charge in [-0.05, 0) is 35.0 Å². The highest BCUT2D eigenvalue weighted by Crippen LogP contribution is 2.39. The van der Waals surface area contributed by atoms with Crippen LogP contribution in [0.1, 0.15) is 17.5 Å². The molecule has 2 unspecified atom stereocenters. The number of rotatable bonds is 4. The van der Waals surface area contributed by atoms with Crippen molar-refractivity contribution in [3.63, 3.8) is 0 Å². The Labute approximate surface area is 140 Å². The fourth-order valence-electron chi connectivity index (χ4n) is 2.43. The quantitative estimate of drug-likeness (QED) is 0.768. The molecule has 0 saturated carbocycles. The van der Waals surface area contributed by atoms with Crippen LogP contribution < -0.4 is 5.32 Å². The maximum Gasteiger partial charge on any atom is 0.328 e. The van der Waals surface area contributed by atoms with E-state index in [4.69, 9.17) is 11.6 Å². The Morgan fingerprint density at radius 3 is 2.82 bits per heavy atom. The SMILES string of the molecule is CN1CC(C(=O)NCc2cccc(C(F)(F)Br)c2Cl)CC1O. The van der Waals surface area contributed by atoms with Crippen molar-refractivity contribution in [3.05, 3.63) is 34.3 Å². The highest BCUT2D eigenvalue weighted by Gasteiger charge is 2.33. The number of hydrogen-bond acceptors (Lipinski definition) is 3. The molecule has 1 aliphatic heterocycles. The molecule has 1 aromatic carbocycles. The molecule has 4 nitrogen and oxygen atoms in total. The van der Waals surface area contributed by atoms with Crippen LogP contribution in [-0.4, -0.2) is 35.7 Å². The second-order valence-corrected chi connectivity index (χ2v) is 6.72. The summed E-state index contributed by atoms with van der Waals surface area (Å²) in [5.41, 5.74) is 0.0791. The van der Waals surface area contributed by atoms with Gasteiger partial charge in [-0.25, -0.2) is 0 Å². The molecule has 0 aromatic heterocycles. The van der Waals surface area contributed by atoms with Crippen molar-refractivity contribution in [2.75, 3.05) is 13.6 Å². The standard InChI is InChI=1S/C14H16BrClF2N2O2/c1-20-7-9(5-11(20)21)13(22)19-6-8-3-2-4-10(12(8)16)14(15,17)18/h2-4,9,11,21H,5-7H2,1H3,(H,19,22). The Kier molecular flexibility index (Phi) is 5.42. The zero-order valence-corrected chi connectivity index (χ0v) is 14.2. The normalized spacial score (nSPS) is 22.8. The van der Waals surface area contributed by atoms with E-state index in [1.165, 1.54) is 12.1 Å². The van der Waals surface area contributed by atoms with E-state index in [0.29, 0.717) is 18.5 Å². The van der Waals surface area contributed by atoms with Gasteiger partial charge in [0.15, 0.2) is 0 Å². The number of hydrogen-bond donors (Lipinski definition) is 2. The maximum absolute atomic E-state index is 13.3. The van der Waals surface area contributed by atoms with Crippen LogP contribution in [0.4, 0.5) is 8.78 Å². The lowest BCUT2D eigenvalue weighted by molar-refractivity contribution is -0.124. The Morgan fingerprint density at radius 1 is 1.59 bits per heavy atom. The van der Waals surface area contributed by atoms with Gasteiger partial charge < -0.3 is 10.4 Å². The zero-order chi connectivity index (χ0) is 16.5. The topological polar surface area (TPSA) is 52.6 Å². The van der Waals surface area contributed by atoms with Crippen molar-refractivity contribution >= 4 is 33.4 Å². The molecule has 0 spiro atoms. The molecule has 1 saturated heterocycles. The maximum atomic E-state index is 13.3. The summed E-state index contributed by atoms with van der Waals surface area (Å²) in [4.78, 5) is 10.5. The third kappa shape index (κ3) is 3.95. The summed E-state index contributed by atoms with van der Waals surface area (Å²) in [5.74, 6) is -0.546. The largest absolute Gasteiger partial charge is 0.378 e. The molecule has 2 atom stereocenters. The van der Waals surface area contributed by atoms with Gasteiger partial charge in [0, 0.05) is 13.1 Å². The molecule has 0 radical (unpaired) electrons. The van der Waals surface area contributed by atoms with Gasteiger partial charge in [-0.1, -0.05) is 29.8 Å². The van der Waals surface area contributed by atoms with Gasteiger partial charge in [0.25, 0.3) is 0 Å². The van der Waals surface area contributed by atoms with E-state index in [1.54, 1.807) is 18.0 Å². The van der Waals surface area contributed by atoms with Crippen molar-refractivity contribution in [1.82, 2.24) is 10.2 Å². The smallest absolute Gasteiger partial charge is 0.328 e. The number of halogens is 4. The molecule has 2 N–H and O–H groups in total. The van der Waals surface area contributed by atoms with E-state index >= 15 is 0 Å². The van der Waals surface area contributed by atoms with Crippen LogP contribution in [0.15, 0.2) is 18.2 Å². The first kappa shape index (κ1) is 17.6. The van der Waals surface area contributed by atoms with Gasteiger partial charge in [-0.3, -0.25) is 9.69 Å². The number of carbonyl (C=O) groups is 1. The second kappa shape index (κ2) is 6.78. The van der Waals surface area contributed by atoms with Crippen LogP contribution in [-0.2, 0) is 16.2 Å². The predicted molar refractivity (Wildman–Crippen MR) is 82.9 cm³/mol. The first-order chi connectivity index (χ1) is 10.2. The number of alkyl halides is 3. The molecule has 122 valence electrons. The first-order valence-electron chi connectivity index (χ1n) is 6.70. The van der Waals surface area contributed by atoms with Gasteiger partial charge in [0.1, 0.15) is 6.23 Å². The molecule has 0 aliphatic carbocycles. The van der Waals surface area contributed by atoms with Gasteiger partial charge in [-0.2, -0.15) is 8.78 Å². The monoisotopic (exact) mass is 396 g/mol. The summed E-state index contributed by atoms with van der Waals surface area (Å²) in [6.07, 6.45) is -0.273. The van der Waals surface area contributed by atoms with Crippen molar-refractivity contribution in [3.8, 4) is 0 Å². The van der Waals surface area contributed by atoms with Crippen molar-refractivity contribution in [2.24, 2.45) is 5.92 Å². The average Bonchev–Trinajstić information content (AvgIpc) is 2.76. The molecule has 1 amide bonds. The lowest BCUT2D eigenvalue weighted by Crippen LogP contribution is -2.32. The number of aliphatic hydroxyl groups excluding tert-OH is 1. The number of aliphatic hydroxyl groups is 1. The van der Waals surface area contributed by atoms with E-state index in [-0.39, 0.29) is 29.0 Å². The van der Waals surface area contributed by atoms with Gasteiger partial charge in [-0.15, -0.1) is 0 Å². The van der Waals surface area contributed by atoms with Crippen molar-refractivity contribution in [2.45, 2.75) is 24.0 Å². The van der Waals surface area contributed by atoms with Crippen LogP contribution >= 0.6 is 27.5 Å². The molecule has 1 aliphatic rings. The first-order valence-corrected chi connectivity index (χ1v) is 7.88. The fraction of sp³-hybridized carbons (Fsp3) is 0.500. The lowest BCUT2D eigenvalue weighted by atomic mass is 10.1. The number of likely N-dealkylation sites (tertiary alicyclic amines) is 1. The highest BCUT2D eigenvalue weighted by atomic mass is 79.9. The van der Waals surface area contributed by atoms with Crippen molar-refractivity contribution in [1.29, 1.82) is 0 Å². The number of nitrogens with one attached hydrogen (secondary N) is 1. The van der Waals surface area contributed by atoms with E-state index in [9.17, 15) is 18.7 Å².